The number of hydrogen-bond acceptors (Lipinski definition) is 4. The van der Waals surface area contributed by atoms with Gasteiger partial charge in [0.25, 0.3) is 0 Å². The summed E-state index contributed by atoms with van der Waals surface area (Å²) in [5, 5.41) is 0. The molecular weight excluding hydrogens is 393 g/mol. The number of alkyl halides is 3. The van der Waals surface area contributed by atoms with Gasteiger partial charge >= 0.3 is 6.18 Å². The van der Waals surface area contributed by atoms with Gasteiger partial charge in [-0.1, -0.05) is 18.2 Å². The minimum Gasteiger partial charge on any atom is -0.497 e. The molecule has 2 aromatic rings. The van der Waals surface area contributed by atoms with Crippen LogP contribution in [0.5, 0.6) is 5.75 Å². The fraction of sp³-hybridized carbons (Fsp3) is 0.368. The number of piperazine rings is 1. The zero-order valence-corrected chi connectivity index (χ0v) is 16.1. The molecule has 0 amide bonds. The van der Waals surface area contributed by atoms with Gasteiger partial charge in [-0.3, -0.25) is 4.90 Å². The third-order valence-corrected chi connectivity index (χ3v) is 6.59. The molecule has 0 radical (unpaired) electrons. The second-order valence-corrected chi connectivity index (χ2v) is 8.49. The van der Waals surface area contributed by atoms with E-state index < -0.39 is 21.8 Å². The fourth-order valence-electron chi connectivity index (χ4n) is 3.10. The summed E-state index contributed by atoms with van der Waals surface area (Å²) in [6.07, 6.45) is -4.58. The molecule has 1 aliphatic rings. The summed E-state index contributed by atoms with van der Waals surface area (Å²) in [5.41, 5.74) is 0.113. The van der Waals surface area contributed by atoms with E-state index in [4.69, 9.17) is 4.74 Å². The van der Waals surface area contributed by atoms with Crippen LogP contribution >= 0.6 is 0 Å². The Balaban J connectivity index is 1.65. The van der Waals surface area contributed by atoms with E-state index in [1.54, 1.807) is 7.11 Å². The first kappa shape index (κ1) is 20.6. The molecule has 0 bridgehead atoms. The second kappa shape index (κ2) is 8.10. The second-order valence-electron chi connectivity index (χ2n) is 6.55. The van der Waals surface area contributed by atoms with Crippen LogP contribution in [0.3, 0.4) is 0 Å². The molecule has 2 aromatic carbocycles. The lowest BCUT2D eigenvalue weighted by Crippen LogP contribution is -2.48. The van der Waals surface area contributed by atoms with Crippen molar-refractivity contribution in [3.05, 3.63) is 59.7 Å². The van der Waals surface area contributed by atoms with E-state index in [1.807, 2.05) is 24.3 Å². The Morgan fingerprint density at radius 2 is 1.64 bits per heavy atom. The Labute approximate surface area is 162 Å². The van der Waals surface area contributed by atoms with E-state index in [0.717, 1.165) is 23.4 Å². The fourth-order valence-corrected chi connectivity index (χ4v) is 4.57. The van der Waals surface area contributed by atoms with Crippen molar-refractivity contribution < 1.29 is 26.3 Å². The third kappa shape index (κ3) is 4.65. The van der Waals surface area contributed by atoms with Crippen molar-refractivity contribution in [1.82, 2.24) is 9.21 Å². The van der Waals surface area contributed by atoms with Gasteiger partial charge < -0.3 is 4.74 Å². The molecule has 0 aliphatic carbocycles. The Bertz CT molecular complexity index is 907. The van der Waals surface area contributed by atoms with Gasteiger partial charge in [-0.05, 0) is 35.9 Å². The van der Waals surface area contributed by atoms with Crippen LogP contribution in [0.1, 0.15) is 11.1 Å². The number of methoxy groups -OCH3 is 1. The third-order valence-electron chi connectivity index (χ3n) is 4.70. The molecule has 0 spiro atoms. The highest BCUT2D eigenvalue weighted by Gasteiger charge is 2.33. The highest BCUT2D eigenvalue weighted by Crippen LogP contribution is 2.31. The number of benzene rings is 2. The molecule has 0 aromatic heterocycles. The molecule has 9 heteroatoms. The minimum atomic E-state index is -4.58. The lowest BCUT2D eigenvalue weighted by molar-refractivity contribution is -0.137. The number of hydrogen-bond donors (Lipinski definition) is 0. The molecule has 0 unspecified atom stereocenters. The predicted octanol–water partition coefficient (Wildman–Crippen LogP) is 3.22. The van der Waals surface area contributed by atoms with Gasteiger partial charge in [0.05, 0.1) is 17.6 Å². The average molecular weight is 414 g/mol. The summed E-state index contributed by atoms with van der Waals surface area (Å²) < 4.78 is 70.5. The first-order chi connectivity index (χ1) is 13.2. The maximum absolute atomic E-state index is 12.9. The lowest BCUT2D eigenvalue weighted by atomic mass is 10.2. The molecule has 1 aliphatic heterocycles. The van der Waals surface area contributed by atoms with E-state index in [1.165, 1.54) is 10.4 Å². The van der Waals surface area contributed by atoms with E-state index in [9.17, 15) is 21.6 Å². The van der Waals surface area contributed by atoms with E-state index in [-0.39, 0.29) is 18.0 Å². The molecule has 0 N–H and O–H groups in total. The Kier molecular flexibility index (Phi) is 5.97. The topological polar surface area (TPSA) is 49.9 Å². The first-order valence-corrected chi connectivity index (χ1v) is 10.2. The van der Waals surface area contributed by atoms with Gasteiger partial charge in [0.15, 0.2) is 0 Å². The quantitative estimate of drug-likeness (QED) is 0.754. The van der Waals surface area contributed by atoms with Crippen LogP contribution in [-0.4, -0.2) is 50.9 Å². The van der Waals surface area contributed by atoms with Gasteiger partial charge in [-0.2, -0.15) is 17.5 Å². The Hall–Kier alpha value is -2.10. The summed E-state index contributed by atoms with van der Waals surface area (Å²) in [5.74, 6) is 0.765. The van der Waals surface area contributed by atoms with Crippen molar-refractivity contribution in [3.8, 4) is 5.75 Å². The first-order valence-electron chi connectivity index (χ1n) is 8.73. The van der Waals surface area contributed by atoms with Gasteiger partial charge in [0, 0.05) is 32.7 Å². The molecule has 1 heterocycles. The monoisotopic (exact) mass is 414 g/mol. The number of rotatable bonds is 5. The van der Waals surface area contributed by atoms with Gasteiger partial charge in [0.2, 0.25) is 10.0 Å². The predicted molar refractivity (Wildman–Crippen MR) is 98.5 cm³/mol. The van der Waals surface area contributed by atoms with Crippen molar-refractivity contribution in [2.45, 2.75) is 17.6 Å². The summed E-state index contributed by atoms with van der Waals surface area (Å²) in [4.78, 5) is 1.78. The molecular formula is C19H21F3N2O3S. The number of halogens is 3. The summed E-state index contributed by atoms with van der Waals surface area (Å²) in [7, 11) is -2.36. The summed E-state index contributed by atoms with van der Waals surface area (Å²) in [6, 6.07) is 11.5. The lowest BCUT2D eigenvalue weighted by Gasteiger charge is -2.34. The maximum Gasteiger partial charge on any atom is 0.416 e. The van der Waals surface area contributed by atoms with Crippen LogP contribution in [-0.2, 0) is 22.7 Å². The van der Waals surface area contributed by atoms with Crippen LogP contribution in [0, 0.1) is 0 Å². The van der Waals surface area contributed by atoms with Crippen LogP contribution in [0.25, 0.3) is 0 Å². The van der Waals surface area contributed by atoms with Crippen LogP contribution in [0.15, 0.2) is 53.4 Å². The normalized spacial score (nSPS) is 16.9. The summed E-state index contributed by atoms with van der Waals surface area (Å²) in [6.45, 7) is 2.14. The molecule has 152 valence electrons. The molecule has 1 saturated heterocycles. The molecule has 0 atom stereocenters. The van der Waals surface area contributed by atoms with Crippen LogP contribution < -0.4 is 4.74 Å². The molecule has 1 fully saturated rings. The van der Waals surface area contributed by atoms with Gasteiger partial charge in [-0.15, -0.1) is 0 Å². The number of ether oxygens (including phenoxy) is 1. The Morgan fingerprint density at radius 3 is 2.21 bits per heavy atom. The van der Waals surface area contributed by atoms with Crippen molar-refractivity contribution in [1.29, 1.82) is 0 Å². The van der Waals surface area contributed by atoms with E-state index >= 15 is 0 Å². The SMILES string of the molecule is COc1ccc(CN2CCN(S(=O)(=O)c3cccc(C(F)(F)F)c3)CC2)cc1. The van der Waals surface area contributed by atoms with Crippen LogP contribution in [0.2, 0.25) is 0 Å². The minimum absolute atomic E-state index is 0.231. The zero-order valence-electron chi connectivity index (χ0n) is 15.3. The molecule has 3 rings (SSSR count). The molecule has 5 nitrogen and oxygen atoms in total. The van der Waals surface area contributed by atoms with E-state index in [2.05, 4.69) is 4.90 Å². The Morgan fingerprint density at radius 1 is 1.00 bits per heavy atom. The smallest absolute Gasteiger partial charge is 0.416 e. The highest BCUT2D eigenvalue weighted by molar-refractivity contribution is 7.89. The zero-order chi connectivity index (χ0) is 20.4. The van der Waals surface area contributed by atoms with E-state index in [0.29, 0.717) is 25.7 Å². The van der Waals surface area contributed by atoms with Gasteiger partial charge in [-0.25, -0.2) is 8.42 Å². The largest absolute Gasteiger partial charge is 0.497 e. The van der Waals surface area contributed by atoms with Crippen molar-refractivity contribution in [2.75, 3.05) is 33.3 Å². The summed E-state index contributed by atoms with van der Waals surface area (Å²) >= 11 is 0. The number of nitrogens with zero attached hydrogens (tertiary/aromatic N) is 2. The van der Waals surface area contributed by atoms with Crippen molar-refractivity contribution in [2.24, 2.45) is 0 Å². The van der Waals surface area contributed by atoms with Crippen LogP contribution in [0.4, 0.5) is 13.2 Å². The van der Waals surface area contributed by atoms with Crippen molar-refractivity contribution >= 4 is 10.0 Å². The molecule has 28 heavy (non-hydrogen) atoms. The standard InChI is InChI=1S/C19H21F3N2O3S/c1-27-17-7-5-15(6-8-17)14-23-9-11-24(12-10-23)28(25,26)18-4-2-3-16(13-18)19(20,21)22/h2-8,13H,9-12,14H2,1H3. The van der Waals surface area contributed by atoms with Crippen molar-refractivity contribution in [3.63, 3.8) is 0 Å². The maximum atomic E-state index is 12.9. The average Bonchev–Trinajstić information content (AvgIpc) is 2.68. The number of sulfonamides is 1. The molecule has 0 saturated carbocycles. The van der Waals surface area contributed by atoms with Gasteiger partial charge in [0.1, 0.15) is 5.75 Å². The highest BCUT2D eigenvalue weighted by atomic mass is 32.2.